The third-order valence-electron chi connectivity index (χ3n) is 6.97. The lowest BCUT2D eigenvalue weighted by Gasteiger charge is -2.29. The largest absolute Gasteiger partial charge is 0.493 e. The molecule has 0 aliphatic heterocycles. The van der Waals surface area contributed by atoms with Crippen LogP contribution >= 0.6 is 0 Å². The van der Waals surface area contributed by atoms with Gasteiger partial charge in [-0.25, -0.2) is 9.18 Å². The van der Waals surface area contributed by atoms with Crippen molar-refractivity contribution in [3.63, 3.8) is 0 Å². The number of benzene rings is 2. The Bertz CT molecular complexity index is 1030. The molecule has 3 unspecified atom stereocenters. The van der Waals surface area contributed by atoms with E-state index in [0.717, 1.165) is 24.0 Å². The van der Waals surface area contributed by atoms with E-state index in [0.29, 0.717) is 43.5 Å². The Morgan fingerprint density at radius 3 is 2.35 bits per heavy atom. The van der Waals surface area contributed by atoms with Crippen LogP contribution in [0.5, 0.6) is 11.5 Å². The van der Waals surface area contributed by atoms with Crippen molar-refractivity contribution in [2.24, 2.45) is 17.6 Å². The van der Waals surface area contributed by atoms with Crippen LogP contribution in [0, 0.1) is 17.7 Å². The molecule has 0 aliphatic rings. The van der Waals surface area contributed by atoms with Crippen molar-refractivity contribution in [1.82, 2.24) is 10.6 Å². The summed E-state index contributed by atoms with van der Waals surface area (Å²) in [6, 6.07) is 11.2. The average Bonchev–Trinajstić information content (AvgIpc) is 2.90. The Morgan fingerprint density at radius 1 is 1.05 bits per heavy atom. The van der Waals surface area contributed by atoms with E-state index >= 15 is 0 Å². The molecule has 8 nitrogen and oxygen atoms in total. The first kappa shape index (κ1) is 33.3. The minimum atomic E-state index is -0.900. The van der Waals surface area contributed by atoms with Crippen LogP contribution in [0.3, 0.4) is 0 Å². The van der Waals surface area contributed by atoms with Crippen molar-refractivity contribution in [3.05, 3.63) is 59.4 Å². The maximum Gasteiger partial charge on any atom is 0.315 e. The fourth-order valence-electron chi connectivity index (χ4n) is 4.60. The third-order valence-corrected chi connectivity index (χ3v) is 6.97. The number of halogens is 1. The number of rotatable bonds is 17. The smallest absolute Gasteiger partial charge is 0.315 e. The highest BCUT2D eigenvalue weighted by Gasteiger charge is 2.25. The van der Waals surface area contributed by atoms with E-state index in [1.807, 2.05) is 32.0 Å². The summed E-state index contributed by atoms with van der Waals surface area (Å²) >= 11 is 0. The van der Waals surface area contributed by atoms with E-state index in [9.17, 15) is 14.3 Å². The highest BCUT2D eigenvalue weighted by molar-refractivity contribution is 5.74. The molecular weight excluding hydrogens is 513 g/mol. The van der Waals surface area contributed by atoms with Crippen LogP contribution in [0.1, 0.15) is 51.7 Å². The molecule has 0 heterocycles. The Hall–Kier alpha value is -2.88. The summed E-state index contributed by atoms with van der Waals surface area (Å²) in [4.78, 5) is 12.5. The maximum absolute atomic E-state index is 13.2. The quantitative estimate of drug-likeness (QED) is 0.212. The van der Waals surface area contributed by atoms with Gasteiger partial charge in [0.1, 0.15) is 5.82 Å². The van der Waals surface area contributed by atoms with Crippen LogP contribution in [0.4, 0.5) is 9.18 Å². The molecule has 5 N–H and O–H groups in total. The molecule has 0 saturated carbocycles. The van der Waals surface area contributed by atoms with E-state index in [1.54, 1.807) is 26.4 Å². The standard InChI is InChI=1S/C31H48FN3O5/c1-21(2)24(16-23-10-13-28(39-6)29(17-23)40-15-7-14-38-5)18-26(33)27(36)20-34-30(37)35-31(3,4)19-22-8-11-25(32)12-9-22/h8-13,17,21,24,26-27,36H,7,14-16,18-20,33H2,1-6H3,(H2,34,35,37). The lowest BCUT2D eigenvalue weighted by molar-refractivity contribution is 0.124. The lowest BCUT2D eigenvalue weighted by atomic mass is 9.83. The number of methoxy groups -OCH3 is 2. The van der Waals surface area contributed by atoms with Gasteiger partial charge < -0.3 is 35.7 Å². The van der Waals surface area contributed by atoms with E-state index in [2.05, 4.69) is 24.5 Å². The van der Waals surface area contributed by atoms with Gasteiger partial charge in [-0.05, 0) is 80.3 Å². The lowest BCUT2D eigenvalue weighted by Crippen LogP contribution is -2.52. The van der Waals surface area contributed by atoms with Gasteiger partial charge in [0, 0.05) is 38.3 Å². The van der Waals surface area contributed by atoms with E-state index in [1.165, 1.54) is 12.1 Å². The number of aliphatic hydroxyl groups is 1. The molecule has 2 rings (SSSR count). The summed E-state index contributed by atoms with van der Waals surface area (Å²) in [7, 11) is 3.29. The van der Waals surface area contributed by atoms with Crippen LogP contribution in [-0.2, 0) is 17.6 Å². The summed E-state index contributed by atoms with van der Waals surface area (Å²) in [5.41, 5.74) is 7.84. The maximum atomic E-state index is 13.2. The molecule has 40 heavy (non-hydrogen) atoms. The Balaban J connectivity index is 1.89. The number of urea groups is 1. The third kappa shape index (κ3) is 11.7. The number of aliphatic hydroxyl groups excluding tert-OH is 1. The predicted octanol–water partition coefficient (Wildman–Crippen LogP) is 4.46. The normalized spacial score (nSPS) is 13.9. The van der Waals surface area contributed by atoms with Gasteiger partial charge >= 0.3 is 6.03 Å². The van der Waals surface area contributed by atoms with Crippen LogP contribution < -0.4 is 25.8 Å². The number of carbonyl (C=O) groups is 1. The molecule has 0 aromatic heterocycles. The van der Waals surface area contributed by atoms with Crippen molar-refractivity contribution in [2.45, 2.75) is 71.1 Å². The van der Waals surface area contributed by atoms with Crippen LogP contribution in [-0.4, -0.2) is 62.8 Å². The molecule has 2 amide bonds. The molecular formula is C31H48FN3O5. The van der Waals surface area contributed by atoms with Crippen molar-refractivity contribution >= 4 is 6.03 Å². The topological polar surface area (TPSA) is 115 Å². The van der Waals surface area contributed by atoms with Gasteiger partial charge in [0.2, 0.25) is 0 Å². The first-order chi connectivity index (χ1) is 18.9. The van der Waals surface area contributed by atoms with Gasteiger partial charge in [-0.1, -0.05) is 32.0 Å². The Kier molecular flexibility index (Phi) is 13.7. The predicted molar refractivity (Wildman–Crippen MR) is 156 cm³/mol. The first-order valence-electron chi connectivity index (χ1n) is 14.0. The molecule has 3 atom stereocenters. The Labute approximate surface area is 238 Å². The van der Waals surface area contributed by atoms with Gasteiger partial charge in [-0.15, -0.1) is 0 Å². The molecule has 2 aromatic rings. The molecule has 0 radical (unpaired) electrons. The summed E-state index contributed by atoms with van der Waals surface area (Å²) in [5.74, 6) is 1.62. The van der Waals surface area contributed by atoms with Gasteiger partial charge in [0.25, 0.3) is 0 Å². The highest BCUT2D eigenvalue weighted by Crippen LogP contribution is 2.31. The minimum absolute atomic E-state index is 0.0342. The molecule has 9 heteroatoms. The second-order valence-electron chi connectivity index (χ2n) is 11.4. The van der Waals surface area contributed by atoms with Gasteiger partial charge in [0.05, 0.1) is 19.8 Å². The minimum Gasteiger partial charge on any atom is -0.493 e. The molecule has 224 valence electrons. The zero-order chi connectivity index (χ0) is 29.7. The molecule has 0 aliphatic carbocycles. The van der Waals surface area contributed by atoms with Crippen LogP contribution in [0.2, 0.25) is 0 Å². The Morgan fingerprint density at radius 2 is 1.73 bits per heavy atom. The zero-order valence-corrected chi connectivity index (χ0v) is 24.8. The first-order valence-corrected chi connectivity index (χ1v) is 14.0. The molecule has 0 fully saturated rings. The number of nitrogens with two attached hydrogens (primary N) is 1. The van der Waals surface area contributed by atoms with Crippen molar-refractivity contribution in [3.8, 4) is 11.5 Å². The fourth-order valence-corrected chi connectivity index (χ4v) is 4.60. The molecule has 0 saturated heterocycles. The monoisotopic (exact) mass is 561 g/mol. The highest BCUT2D eigenvalue weighted by atomic mass is 19.1. The number of hydrogen-bond acceptors (Lipinski definition) is 6. The number of amides is 2. The zero-order valence-electron chi connectivity index (χ0n) is 24.8. The van der Waals surface area contributed by atoms with E-state index in [-0.39, 0.29) is 18.3 Å². The van der Waals surface area contributed by atoms with Crippen LogP contribution in [0.15, 0.2) is 42.5 Å². The fraction of sp³-hybridized carbons (Fsp3) is 0.581. The second kappa shape index (κ2) is 16.4. The summed E-state index contributed by atoms with van der Waals surface area (Å²) in [6.07, 6.45) is 1.77. The molecule has 2 aromatic carbocycles. The van der Waals surface area contributed by atoms with Crippen molar-refractivity contribution < 1.29 is 28.5 Å². The molecule has 0 bridgehead atoms. The van der Waals surface area contributed by atoms with Gasteiger partial charge in [-0.3, -0.25) is 0 Å². The summed E-state index contributed by atoms with van der Waals surface area (Å²) in [6.45, 7) is 9.26. The number of carbonyl (C=O) groups excluding carboxylic acids is 1. The van der Waals surface area contributed by atoms with Crippen molar-refractivity contribution in [2.75, 3.05) is 34.0 Å². The van der Waals surface area contributed by atoms with Gasteiger partial charge in [0.15, 0.2) is 11.5 Å². The van der Waals surface area contributed by atoms with Crippen LogP contribution in [0.25, 0.3) is 0 Å². The average molecular weight is 562 g/mol. The van der Waals surface area contributed by atoms with E-state index < -0.39 is 23.7 Å². The second-order valence-corrected chi connectivity index (χ2v) is 11.4. The summed E-state index contributed by atoms with van der Waals surface area (Å²) in [5, 5.41) is 16.4. The number of nitrogens with one attached hydrogen (secondary N) is 2. The number of hydrogen-bond donors (Lipinski definition) is 4. The van der Waals surface area contributed by atoms with E-state index in [4.69, 9.17) is 19.9 Å². The molecule has 0 spiro atoms. The van der Waals surface area contributed by atoms with Gasteiger partial charge in [-0.2, -0.15) is 0 Å². The number of ether oxygens (including phenoxy) is 3. The summed E-state index contributed by atoms with van der Waals surface area (Å²) < 4.78 is 29.7. The SMILES string of the molecule is COCCCOc1cc(CC(CC(N)C(O)CNC(=O)NC(C)(C)Cc2ccc(F)cc2)C(C)C)ccc1OC. The van der Waals surface area contributed by atoms with Crippen molar-refractivity contribution in [1.29, 1.82) is 0 Å².